The molecule has 4 fully saturated rings. The third-order valence-electron chi connectivity index (χ3n) is 5.18. The van der Waals surface area contributed by atoms with Crippen molar-refractivity contribution in [3.8, 4) is 0 Å². The fraction of sp³-hybridized carbons (Fsp3) is 0.923. The fourth-order valence-electron chi connectivity index (χ4n) is 4.83. The minimum absolute atomic E-state index is 0.191. The molecule has 14 heavy (non-hydrogen) atoms. The Kier molecular flexibility index (Phi) is 1.81. The van der Waals surface area contributed by atoms with E-state index in [1.807, 2.05) is 0 Å². The van der Waals surface area contributed by atoms with Crippen LogP contribution in [-0.4, -0.2) is 6.29 Å². The minimum Gasteiger partial charge on any atom is -0.291 e. The van der Waals surface area contributed by atoms with Gasteiger partial charge in [0.25, 0.3) is 0 Å². The molecule has 0 aromatic heterocycles. The van der Waals surface area contributed by atoms with E-state index >= 15 is 0 Å². The average Bonchev–Trinajstić information content (AvgIpc) is 2.14. The summed E-state index contributed by atoms with van der Waals surface area (Å²) in [4.78, 5) is 10.9. The van der Waals surface area contributed by atoms with E-state index in [-0.39, 0.29) is 5.92 Å². The van der Waals surface area contributed by atoms with Gasteiger partial charge in [-0.05, 0) is 61.7 Å². The van der Waals surface area contributed by atoms with Gasteiger partial charge in [0.2, 0.25) is 6.29 Å². The Morgan fingerprint density at radius 3 is 1.86 bits per heavy atom. The van der Waals surface area contributed by atoms with Gasteiger partial charge in [0.05, 0.1) is 0 Å². The molecule has 4 aliphatic carbocycles. The van der Waals surface area contributed by atoms with E-state index in [9.17, 15) is 4.79 Å². The summed E-state index contributed by atoms with van der Waals surface area (Å²) in [6, 6.07) is 0. The van der Waals surface area contributed by atoms with E-state index in [4.69, 9.17) is 0 Å². The molecule has 1 radical (unpaired) electrons. The molecule has 1 atom stereocenters. The van der Waals surface area contributed by atoms with Gasteiger partial charge < -0.3 is 0 Å². The Morgan fingerprint density at radius 1 is 1.07 bits per heavy atom. The summed E-state index contributed by atoms with van der Waals surface area (Å²) in [5.41, 5.74) is 0.385. The second-order valence-electron chi connectivity index (χ2n) is 6.12. The molecule has 4 bridgehead atoms. The van der Waals surface area contributed by atoms with E-state index in [0.717, 1.165) is 17.8 Å². The van der Waals surface area contributed by atoms with Crippen molar-refractivity contribution in [2.24, 2.45) is 29.1 Å². The topological polar surface area (TPSA) is 17.1 Å². The number of rotatable bonds is 2. The molecule has 0 spiro atoms. The van der Waals surface area contributed by atoms with Crippen LogP contribution in [0.3, 0.4) is 0 Å². The monoisotopic (exact) mass is 191 g/mol. The van der Waals surface area contributed by atoms with Gasteiger partial charge in [-0.2, -0.15) is 0 Å². The van der Waals surface area contributed by atoms with Crippen LogP contribution in [0.15, 0.2) is 0 Å². The van der Waals surface area contributed by atoms with Crippen molar-refractivity contribution in [1.29, 1.82) is 0 Å². The van der Waals surface area contributed by atoms with Crippen LogP contribution in [0, 0.1) is 29.1 Å². The normalized spacial score (nSPS) is 51.9. The van der Waals surface area contributed by atoms with Crippen molar-refractivity contribution in [3.05, 3.63) is 0 Å². The molecular weight excluding hydrogens is 172 g/mol. The summed E-state index contributed by atoms with van der Waals surface area (Å²) in [7, 11) is 0. The summed E-state index contributed by atoms with van der Waals surface area (Å²) >= 11 is 0. The molecule has 0 heterocycles. The van der Waals surface area contributed by atoms with Crippen molar-refractivity contribution in [1.82, 2.24) is 0 Å². The van der Waals surface area contributed by atoms with Crippen LogP contribution in [0.2, 0.25) is 0 Å². The van der Waals surface area contributed by atoms with Gasteiger partial charge in [-0.3, -0.25) is 4.79 Å². The lowest BCUT2D eigenvalue weighted by Gasteiger charge is -2.58. The van der Waals surface area contributed by atoms with Crippen LogP contribution in [0.25, 0.3) is 0 Å². The molecule has 1 unspecified atom stereocenters. The summed E-state index contributed by atoms with van der Waals surface area (Å²) in [6.45, 7) is 2.10. The van der Waals surface area contributed by atoms with Crippen molar-refractivity contribution < 1.29 is 4.79 Å². The first-order chi connectivity index (χ1) is 6.72. The third kappa shape index (κ3) is 1.11. The molecule has 0 N–H and O–H groups in total. The van der Waals surface area contributed by atoms with E-state index in [1.165, 1.54) is 38.5 Å². The Balaban J connectivity index is 1.90. The average molecular weight is 191 g/mol. The second kappa shape index (κ2) is 2.84. The van der Waals surface area contributed by atoms with E-state index in [1.54, 1.807) is 0 Å². The Labute approximate surface area is 86.3 Å². The third-order valence-corrected chi connectivity index (χ3v) is 5.18. The number of carbonyl (C=O) groups excluding carboxylic acids is 1. The molecular formula is C13H19O. The molecule has 4 aliphatic rings. The van der Waals surface area contributed by atoms with Crippen LogP contribution in [0.1, 0.15) is 45.4 Å². The van der Waals surface area contributed by atoms with Crippen LogP contribution >= 0.6 is 0 Å². The fourth-order valence-corrected chi connectivity index (χ4v) is 4.83. The maximum atomic E-state index is 10.9. The Bertz CT molecular complexity index is 221. The molecule has 0 aromatic rings. The molecule has 1 heteroatoms. The lowest BCUT2D eigenvalue weighted by molar-refractivity contribution is -0.0688. The predicted octanol–water partition coefficient (Wildman–Crippen LogP) is 2.95. The highest BCUT2D eigenvalue weighted by Crippen LogP contribution is 2.62. The minimum atomic E-state index is 0.191. The van der Waals surface area contributed by atoms with Gasteiger partial charge >= 0.3 is 0 Å². The maximum Gasteiger partial charge on any atom is 0.202 e. The van der Waals surface area contributed by atoms with Crippen LogP contribution < -0.4 is 0 Å². The van der Waals surface area contributed by atoms with Gasteiger partial charge in [-0.15, -0.1) is 0 Å². The molecule has 1 nitrogen and oxygen atoms in total. The predicted molar refractivity (Wildman–Crippen MR) is 55.5 cm³/mol. The number of hydrogen-bond acceptors (Lipinski definition) is 1. The quantitative estimate of drug-likeness (QED) is 0.656. The van der Waals surface area contributed by atoms with Crippen LogP contribution in [-0.2, 0) is 4.79 Å². The molecule has 0 saturated heterocycles. The van der Waals surface area contributed by atoms with E-state index in [2.05, 4.69) is 13.2 Å². The van der Waals surface area contributed by atoms with Gasteiger partial charge in [0.15, 0.2) is 0 Å². The largest absolute Gasteiger partial charge is 0.291 e. The zero-order chi connectivity index (χ0) is 9.76. The second-order valence-corrected chi connectivity index (χ2v) is 6.12. The highest BCUT2D eigenvalue weighted by Gasteiger charge is 2.53. The maximum absolute atomic E-state index is 10.9. The molecule has 4 saturated carbocycles. The first-order valence-corrected chi connectivity index (χ1v) is 6.09. The first kappa shape index (κ1) is 8.94. The van der Waals surface area contributed by atoms with Crippen LogP contribution in [0.5, 0.6) is 0 Å². The van der Waals surface area contributed by atoms with Gasteiger partial charge in [0.1, 0.15) is 0 Å². The van der Waals surface area contributed by atoms with Gasteiger partial charge in [0, 0.05) is 5.92 Å². The van der Waals surface area contributed by atoms with Crippen molar-refractivity contribution in [2.45, 2.75) is 45.4 Å². The number of hydrogen-bond donors (Lipinski definition) is 0. The van der Waals surface area contributed by atoms with E-state index < -0.39 is 0 Å². The lowest BCUT2D eigenvalue weighted by Crippen LogP contribution is -2.49. The Hall–Kier alpha value is -0.330. The summed E-state index contributed by atoms with van der Waals surface area (Å²) in [5, 5.41) is 0. The van der Waals surface area contributed by atoms with Gasteiger partial charge in [-0.25, -0.2) is 0 Å². The molecule has 77 valence electrons. The zero-order valence-electron chi connectivity index (χ0n) is 8.96. The van der Waals surface area contributed by atoms with Crippen molar-refractivity contribution in [2.75, 3.05) is 0 Å². The van der Waals surface area contributed by atoms with Gasteiger partial charge in [-0.1, -0.05) is 6.92 Å². The first-order valence-electron chi connectivity index (χ1n) is 6.09. The highest BCUT2D eigenvalue weighted by molar-refractivity contribution is 5.55. The molecule has 0 aliphatic heterocycles. The van der Waals surface area contributed by atoms with E-state index in [0.29, 0.717) is 5.41 Å². The molecule has 0 amide bonds. The van der Waals surface area contributed by atoms with Crippen molar-refractivity contribution >= 4 is 6.29 Å². The van der Waals surface area contributed by atoms with Crippen molar-refractivity contribution in [3.63, 3.8) is 0 Å². The highest BCUT2D eigenvalue weighted by atomic mass is 16.1. The SMILES string of the molecule is CC([C]=O)C12CC3CC(CC(C3)C1)C2. The lowest BCUT2D eigenvalue weighted by atomic mass is 9.47. The summed E-state index contributed by atoms with van der Waals surface area (Å²) in [5.74, 6) is 3.06. The molecule has 4 rings (SSSR count). The summed E-state index contributed by atoms with van der Waals surface area (Å²) < 4.78 is 0. The van der Waals surface area contributed by atoms with Crippen LogP contribution in [0.4, 0.5) is 0 Å². The Morgan fingerprint density at radius 2 is 1.50 bits per heavy atom. The molecule has 0 aromatic carbocycles. The zero-order valence-corrected chi connectivity index (χ0v) is 8.96. The summed E-state index contributed by atoms with van der Waals surface area (Å²) in [6.07, 6.45) is 10.6. The standard InChI is InChI=1S/C13H19O/c1-9(8-14)13-5-10-2-11(6-13)4-12(3-10)7-13/h9-12H,2-7H2,1H3. The smallest absolute Gasteiger partial charge is 0.202 e.